The Labute approximate surface area is 285 Å². The smallest absolute Gasteiger partial charge is 0.282 e. The van der Waals surface area contributed by atoms with Gasteiger partial charge in [0.15, 0.2) is 5.84 Å². The molecule has 0 spiro atoms. The summed E-state index contributed by atoms with van der Waals surface area (Å²) in [6.07, 6.45) is 1.61. The second-order valence-electron chi connectivity index (χ2n) is 10.6. The van der Waals surface area contributed by atoms with Gasteiger partial charge in [0.1, 0.15) is 5.69 Å². The minimum Gasteiger partial charge on any atom is -0.372 e. The van der Waals surface area contributed by atoms with Crippen LogP contribution in [0.2, 0.25) is 15.1 Å². The number of hydrogen-bond acceptors (Lipinski definition) is 6. The van der Waals surface area contributed by atoms with Crippen LogP contribution in [-0.4, -0.2) is 42.6 Å². The number of carbonyl (C=O) groups is 4. The predicted molar refractivity (Wildman–Crippen MR) is 186 cm³/mol. The number of nitrogens with zero attached hydrogens (tertiary/aromatic N) is 4. The van der Waals surface area contributed by atoms with E-state index < -0.39 is 23.6 Å². The Kier molecular flexibility index (Phi) is 8.88. The summed E-state index contributed by atoms with van der Waals surface area (Å²) in [5.41, 5.74) is 2.80. The molecule has 0 unspecified atom stereocenters. The quantitative estimate of drug-likeness (QED) is 0.161. The van der Waals surface area contributed by atoms with E-state index >= 15 is 0 Å². The molecule has 0 aliphatic carbocycles. The molecule has 0 radical (unpaired) electrons. The first-order valence-electron chi connectivity index (χ1n) is 14.6. The SMILES string of the molecule is CCN(CC)c1ccc(/C=C2\C(=O)N(c3c(Cl)cc(Cl)cc3Cl)N=C2NC(=O)c2cccc(N3C(=O)c4ccccc4C3=O)c2)cc1. The minimum atomic E-state index is -0.632. The molecule has 1 N–H and O–H groups in total. The van der Waals surface area contributed by atoms with Crippen molar-refractivity contribution in [1.82, 2.24) is 5.32 Å². The standard InChI is InChI=1S/C35H26Cl3N5O4/c1-3-41(4-2)23-14-12-20(13-15-23)16-27-31(40-43(35(27)47)30-28(37)18-22(36)19-29(30)38)39-32(44)21-8-7-9-24(17-21)42-33(45)25-10-5-6-11-26(25)34(42)46/h5-19H,3-4H2,1-2H3,(H,39,40,44)/b27-16-. The van der Waals surface area contributed by atoms with Crippen molar-refractivity contribution >= 4 is 87.4 Å². The van der Waals surface area contributed by atoms with Gasteiger partial charge in [0.05, 0.1) is 32.4 Å². The molecule has 2 aliphatic rings. The van der Waals surface area contributed by atoms with Crippen molar-refractivity contribution < 1.29 is 19.2 Å². The number of amides is 4. The van der Waals surface area contributed by atoms with Crippen LogP contribution in [0.5, 0.6) is 0 Å². The third kappa shape index (κ3) is 6.01. The van der Waals surface area contributed by atoms with Gasteiger partial charge in [-0.15, -0.1) is 5.10 Å². The summed E-state index contributed by atoms with van der Waals surface area (Å²) in [5.74, 6) is -2.25. The number of nitrogens with one attached hydrogen (secondary N) is 1. The molecule has 0 saturated heterocycles. The number of anilines is 3. The molecular formula is C35H26Cl3N5O4. The minimum absolute atomic E-state index is 0.0546. The van der Waals surface area contributed by atoms with Crippen LogP contribution in [0.15, 0.2) is 95.6 Å². The van der Waals surface area contributed by atoms with Crippen LogP contribution < -0.4 is 20.1 Å². The van der Waals surface area contributed by atoms with Crippen molar-refractivity contribution in [3.05, 3.63) is 128 Å². The molecular weight excluding hydrogens is 661 g/mol. The number of benzene rings is 4. The number of rotatable bonds is 7. The Hall–Kier alpha value is -4.96. The van der Waals surface area contributed by atoms with E-state index in [2.05, 4.69) is 29.2 Å². The van der Waals surface area contributed by atoms with Gasteiger partial charge >= 0.3 is 0 Å². The van der Waals surface area contributed by atoms with Crippen LogP contribution in [0.25, 0.3) is 6.08 Å². The largest absolute Gasteiger partial charge is 0.372 e. The highest BCUT2D eigenvalue weighted by atomic mass is 35.5. The Morgan fingerprint density at radius 3 is 2.02 bits per heavy atom. The first-order valence-corrected chi connectivity index (χ1v) is 15.8. The van der Waals surface area contributed by atoms with Crippen molar-refractivity contribution in [2.24, 2.45) is 5.10 Å². The second-order valence-corrected chi connectivity index (χ2v) is 11.9. The molecule has 4 amide bonds. The van der Waals surface area contributed by atoms with E-state index in [-0.39, 0.29) is 54.5 Å². The molecule has 0 bridgehead atoms. The van der Waals surface area contributed by atoms with Crippen LogP contribution >= 0.6 is 34.8 Å². The van der Waals surface area contributed by atoms with Crippen LogP contribution in [0.3, 0.4) is 0 Å². The summed E-state index contributed by atoms with van der Waals surface area (Å²) >= 11 is 19.0. The van der Waals surface area contributed by atoms with Crippen LogP contribution in [0, 0.1) is 0 Å². The molecule has 236 valence electrons. The maximum atomic E-state index is 13.9. The molecule has 47 heavy (non-hydrogen) atoms. The topological polar surface area (TPSA) is 102 Å². The van der Waals surface area contributed by atoms with Gasteiger partial charge in [-0.3, -0.25) is 19.2 Å². The molecule has 0 fully saturated rings. The van der Waals surface area contributed by atoms with Crippen molar-refractivity contribution in [2.45, 2.75) is 13.8 Å². The molecule has 2 aliphatic heterocycles. The van der Waals surface area contributed by atoms with Gasteiger partial charge in [0.2, 0.25) is 0 Å². The molecule has 6 rings (SSSR count). The second kappa shape index (κ2) is 13.0. The van der Waals surface area contributed by atoms with E-state index in [4.69, 9.17) is 34.8 Å². The monoisotopic (exact) mass is 685 g/mol. The Bertz CT molecular complexity index is 1960. The van der Waals surface area contributed by atoms with Gasteiger partial charge in [0.25, 0.3) is 23.6 Å². The Morgan fingerprint density at radius 1 is 0.809 bits per heavy atom. The van der Waals surface area contributed by atoms with Crippen molar-refractivity contribution in [3.63, 3.8) is 0 Å². The maximum Gasteiger partial charge on any atom is 0.282 e. The number of imide groups is 1. The van der Waals surface area contributed by atoms with E-state index in [1.807, 2.05) is 24.3 Å². The fourth-order valence-corrected chi connectivity index (χ4v) is 6.43. The van der Waals surface area contributed by atoms with E-state index in [1.54, 1.807) is 42.5 Å². The predicted octanol–water partition coefficient (Wildman–Crippen LogP) is 7.47. The van der Waals surface area contributed by atoms with Gasteiger partial charge < -0.3 is 10.2 Å². The van der Waals surface area contributed by atoms with E-state index in [9.17, 15) is 19.2 Å². The number of carbonyl (C=O) groups excluding carboxylic acids is 4. The van der Waals surface area contributed by atoms with Gasteiger partial charge in [-0.1, -0.05) is 65.1 Å². The molecule has 4 aromatic carbocycles. The lowest BCUT2D eigenvalue weighted by Gasteiger charge is -2.20. The third-order valence-electron chi connectivity index (χ3n) is 7.80. The molecule has 12 heteroatoms. The number of fused-ring (bicyclic) bond motifs is 1. The normalized spacial score (nSPS) is 15.0. The highest BCUT2D eigenvalue weighted by Crippen LogP contribution is 2.39. The average Bonchev–Trinajstić information content (AvgIpc) is 3.49. The van der Waals surface area contributed by atoms with Crippen LogP contribution in [0.4, 0.5) is 17.1 Å². The lowest BCUT2D eigenvalue weighted by atomic mass is 10.1. The summed E-state index contributed by atoms with van der Waals surface area (Å²) < 4.78 is 0. The highest BCUT2D eigenvalue weighted by Gasteiger charge is 2.37. The lowest BCUT2D eigenvalue weighted by Crippen LogP contribution is -2.32. The summed E-state index contributed by atoms with van der Waals surface area (Å²) in [7, 11) is 0. The highest BCUT2D eigenvalue weighted by molar-refractivity contribution is 6.44. The molecule has 2 heterocycles. The van der Waals surface area contributed by atoms with E-state index in [0.29, 0.717) is 5.56 Å². The van der Waals surface area contributed by atoms with Crippen LogP contribution in [0.1, 0.15) is 50.5 Å². The zero-order chi connectivity index (χ0) is 33.4. The molecule has 0 aromatic heterocycles. The number of hydrazone groups is 1. The summed E-state index contributed by atoms with van der Waals surface area (Å²) in [6.45, 7) is 5.81. The third-order valence-corrected chi connectivity index (χ3v) is 8.59. The molecule has 4 aromatic rings. The molecule has 9 nitrogen and oxygen atoms in total. The fourth-order valence-electron chi connectivity index (χ4n) is 5.45. The summed E-state index contributed by atoms with van der Waals surface area (Å²) in [6, 6.07) is 23.1. The summed E-state index contributed by atoms with van der Waals surface area (Å²) in [4.78, 5) is 56.8. The van der Waals surface area contributed by atoms with Crippen LogP contribution in [-0.2, 0) is 4.79 Å². The zero-order valence-corrected chi connectivity index (χ0v) is 27.4. The Morgan fingerprint density at radius 2 is 1.43 bits per heavy atom. The van der Waals surface area contributed by atoms with Gasteiger partial charge in [-0.05, 0) is 80.1 Å². The van der Waals surface area contributed by atoms with Gasteiger partial charge in [-0.25, -0.2) is 4.90 Å². The van der Waals surface area contributed by atoms with Gasteiger partial charge in [0, 0.05) is 29.4 Å². The van der Waals surface area contributed by atoms with E-state index in [1.165, 1.54) is 24.3 Å². The maximum absolute atomic E-state index is 13.9. The number of amidine groups is 1. The number of halogens is 3. The first-order chi connectivity index (χ1) is 22.6. The average molecular weight is 687 g/mol. The van der Waals surface area contributed by atoms with Crippen molar-refractivity contribution in [1.29, 1.82) is 0 Å². The summed E-state index contributed by atoms with van der Waals surface area (Å²) in [5, 5.41) is 8.60. The Balaban J connectivity index is 1.34. The van der Waals surface area contributed by atoms with Gasteiger partial charge in [-0.2, -0.15) is 5.01 Å². The first kappa shape index (κ1) is 32.0. The molecule has 0 atom stereocenters. The van der Waals surface area contributed by atoms with E-state index in [0.717, 1.165) is 28.7 Å². The molecule has 0 saturated carbocycles. The number of hydrogen-bond donors (Lipinski definition) is 1. The fraction of sp³-hybridized carbons (Fsp3) is 0.114. The van der Waals surface area contributed by atoms with Crippen molar-refractivity contribution in [3.8, 4) is 0 Å². The van der Waals surface area contributed by atoms with Crippen molar-refractivity contribution in [2.75, 3.05) is 27.9 Å². The lowest BCUT2D eigenvalue weighted by molar-refractivity contribution is -0.114. The zero-order valence-electron chi connectivity index (χ0n) is 25.1.